The summed E-state index contributed by atoms with van der Waals surface area (Å²) in [5.41, 5.74) is 4.36. The van der Waals surface area contributed by atoms with Crippen LogP contribution in [-0.2, 0) is 13.2 Å². The van der Waals surface area contributed by atoms with E-state index in [4.69, 9.17) is 4.74 Å². The molecular formula is C22H18N4O2. The van der Waals surface area contributed by atoms with Crippen LogP contribution in [-0.4, -0.2) is 19.5 Å². The highest BCUT2D eigenvalue weighted by Gasteiger charge is 2.11. The maximum atomic E-state index is 12.5. The Hall–Kier alpha value is -3.80. The van der Waals surface area contributed by atoms with Crippen LogP contribution in [0.15, 0.2) is 77.9 Å². The van der Waals surface area contributed by atoms with Crippen LogP contribution in [0.2, 0.25) is 0 Å². The van der Waals surface area contributed by atoms with Crippen LogP contribution in [0.4, 0.5) is 0 Å². The number of ether oxygens (including phenoxy) is 1. The summed E-state index contributed by atoms with van der Waals surface area (Å²) in [7, 11) is 0. The van der Waals surface area contributed by atoms with Gasteiger partial charge in [0.05, 0.1) is 23.8 Å². The number of H-pyrrole nitrogens is 2. The van der Waals surface area contributed by atoms with Gasteiger partial charge < -0.3 is 14.7 Å². The maximum absolute atomic E-state index is 12.5. The number of hydrogen-bond acceptors (Lipinski definition) is 3. The third-order valence-corrected chi connectivity index (χ3v) is 4.85. The highest BCUT2D eigenvalue weighted by atomic mass is 16.5. The Bertz CT molecular complexity index is 1300. The number of nitrogens with zero attached hydrogens (tertiary/aromatic N) is 2. The van der Waals surface area contributed by atoms with E-state index >= 15 is 0 Å². The smallest absolute Gasteiger partial charge is 0.326 e. The van der Waals surface area contributed by atoms with E-state index in [-0.39, 0.29) is 5.69 Å². The molecule has 5 aromatic rings. The number of pyridine rings is 1. The lowest BCUT2D eigenvalue weighted by atomic mass is 10.2. The SMILES string of the molecule is O=c1[nH]c2c3cc[nH]c3ncc2n1Cc1ccc(OCc2ccccc2)cc1. The van der Waals surface area contributed by atoms with Gasteiger partial charge in [-0.3, -0.25) is 4.57 Å². The van der Waals surface area contributed by atoms with Crippen molar-refractivity contribution < 1.29 is 4.74 Å². The number of imidazole rings is 1. The monoisotopic (exact) mass is 370 g/mol. The number of aromatic amines is 2. The minimum absolute atomic E-state index is 0.144. The molecule has 0 amide bonds. The van der Waals surface area contributed by atoms with Crippen molar-refractivity contribution >= 4 is 22.1 Å². The molecule has 5 rings (SSSR count). The Morgan fingerprint density at radius 1 is 0.964 bits per heavy atom. The molecule has 138 valence electrons. The van der Waals surface area contributed by atoms with Crippen molar-refractivity contribution in [3.8, 4) is 5.75 Å². The van der Waals surface area contributed by atoms with E-state index < -0.39 is 0 Å². The predicted molar refractivity (Wildman–Crippen MR) is 109 cm³/mol. The Kier molecular flexibility index (Phi) is 3.94. The zero-order valence-corrected chi connectivity index (χ0v) is 15.1. The lowest BCUT2D eigenvalue weighted by Gasteiger charge is -2.08. The Morgan fingerprint density at radius 2 is 1.79 bits per heavy atom. The van der Waals surface area contributed by atoms with Crippen LogP contribution >= 0.6 is 0 Å². The van der Waals surface area contributed by atoms with Gasteiger partial charge >= 0.3 is 5.69 Å². The minimum Gasteiger partial charge on any atom is -0.489 e. The molecule has 0 atom stereocenters. The summed E-state index contributed by atoms with van der Waals surface area (Å²) in [6, 6.07) is 19.8. The minimum atomic E-state index is -0.144. The Balaban J connectivity index is 1.37. The number of rotatable bonds is 5. The lowest BCUT2D eigenvalue weighted by molar-refractivity contribution is 0.306. The molecule has 2 aromatic carbocycles. The first-order valence-electron chi connectivity index (χ1n) is 9.08. The van der Waals surface area contributed by atoms with Gasteiger partial charge in [-0.25, -0.2) is 9.78 Å². The summed E-state index contributed by atoms with van der Waals surface area (Å²) in [5, 5.41) is 0.915. The molecule has 0 aliphatic rings. The number of nitrogens with one attached hydrogen (secondary N) is 2. The number of aromatic nitrogens is 4. The number of fused-ring (bicyclic) bond motifs is 3. The molecular weight excluding hydrogens is 352 g/mol. The quantitative estimate of drug-likeness (QED) is 0.494. The fourth-order valence-corrected chi connectivity index (χ4v) is 3.39. The number of benzene rings is 2. The molecule has 3 aromatic heterocycles. The summed E-state index contributed by atoms with van der Waals surface area (Å²) < 4.78 is 7.53. The molecule has 0 fully saturated rings. The molecule has 0 aliphatic carbocycles. The van der Waals surface area contributed by atoms with E-state index in [1.54, 1.807) is 10.8 Å². The average Bonchev–Trinajstić information content (AvgIpc) is 3.33. The second-order valence-corrected chi connectivity index (χ2v) is 6.69. The van der Waals surface area contributed by atoms with Crippen LogP contribution in [0.3, 0.4) is 0 Å². The second kappa shape index (κ2) is 6.74. The standard InChI is InChI=1S/C22H18N4O2/c27-22-25-20-18-10-11-23-21(18)24-12-19(20)26(22)13-15-6-8-17(9-7-15)28-14-16-4-2-1-3-5-16/h1-12H,13-14H2,(H,23,24)(H,25,27). The summed E-state index contributed by atoms with van der Waals surface area (Å²) >= 11 is 0. The summed E-state index contributed by atoms with van der Waals surface area (Å²) in [6.07, 6.45) is 3.55. The molecule has 0 bridgehead atoms. The van der Waals surface area contributed by atoms with Gasteiger partial charge in [-0.2, -0.15) is 0 Å². The van der Waals surface area contributed by atoms with E-state index in [2.05, 4.69) is 15.0 Å². The van der Waals surface area contributed by atoms with Crippen molar-refractivity contribution in [1.29, 1.82) is 0 Å². The predicted octanol–water partition coefficient (Wildman–Crippen LogP) is 3.83. The highest BCUT2D eigenvalue weighted by Crippen LogP contribution is 2.21. The molecule has 0 saturated heterocycles. The van der Waals surface area contributed by atoms with E-state index in [0.29, 0.717) is 13.2 Å². The van der Waals surface area contributed by atoms with Gasteiger partial charge in [0.25, 0.3) is 0 Å². The molecule has 0 spiro atoms. The molecule has 0 radical (unpaired) electrons. The Morgan fingerprint density at radius 3 is 2.61 bits per heavy atom. The van der Waals surface area contributed by atoms with Crippen LogP contribution in [0, 0.1) is 0 Å². The lowest BCUT2D eigenvalue weighted by Crippen LogP contribution is -2.17. The van der Waals surface area contributed by atoms with Crippen molar-refractivity contribution in [2.24, 2.45) is 0 Å². The van der Waals surface area contributed by atoms with Crippen LogP contribution < -0.4 is 10.4 Å². The van der Waals surface area contributed by atoms with Gasteiger partial charge in [0.2, 0.25) is 0 Å². The largest absolute Gasteiger partial charge is 0.489 e. The normalized spacial score (nSPS) is 11.3. The first-order valence-corrected chi connectivity index (χ1v) is 9.08. The van der Waals surface area contributed by atoms with E-state index in [9.17, 15) is 4.79 Å². The fourth-order valence-electron chi connectivity index (χ4n) is 3.39. The summed E-state index contributed by atoms with van der Waals surface area (Å²) in [4.78, 5) is 22.9. The van der Waals surface area contributed by atoms with Crippen LogP contribution in [0.25, 0.3) is 22.1 Å². The summed E-state index contributed by atoms with van der Waals surface area (Å²) in [5.74, 6) is 0.801. The van der Waals surface area contributed by atoms with E-state index in [0.717, 1.165) is 38.9 Å². The second-order valence-electron chi connectivity index (χ2n) is 6.69. The van der Waals surface area contributed by atoms with E-state index in [1.807, 2.05) is 66.9 Å². The molecule has 2 N–H and O–H groups in total. The third-order valence-electron chi connectivity index (χ3n) is 4.85. The van der Waals surface area contributed by atoms with Crippen molar-refractivity contribution in [3.63, 3.8) is 0 Å². The fraction of sp³-hybridized carbons (Fsp3) is 0.0909. The molecule has 0 unspecified atom stereocenters. The Labute approximate surface area is 160 Å². The van der Waals surface area contributed by atoms with E-state index in [1.165, 1.54) is 0 Å². The molecule has 6 heteroatoms. The van der Waals surface area contributed by atoms with Gasteiger partial charge in [-0.1, -0.05) is 42.5 Å². The first-order chi connectivity index (χ1) is 13.8. The topological polar surface area (TPSA) is 75.7 Å². The van der Waals surface area contributed by atoms with Crippen LogP contribution in [0.1, 0.15) is 11.1 Å². The molecule has 0 saturated carbocycles. The average molecular weight is 370 g/mol. The highest BCUT2D eigenvalue weighted by molar-refractivity contribution is 6.00. The first kappa shape index (κ1) is 16.4. The summed E-state index contributed by atoms with van der Waals surface area (Å²) in [6.45, 7) is 0.996. The molecule has 0 aliphatic heterocycles. The van der Waals surface area contributed by atoms with Gasteiger partial charge in [0.15, 0.2) is 0 Å². The van der Waals surface area contributed by atoms with Gasteiger partial charge in [0, 0.05) is 11.6 Å². The molecule has 6 nitrogen and oxygen atoms in total. The van der Waals surface area contributed by atoms with Crippen molar-refractivity contribution in [3.05, 3.63) is 94.7 Å². The van der Waals surface area contributed by atoms with Crippen molar-refractivity contribution in [1.82, 2.24) is 19.5 Å². The van der Waals surface area contributed by atoms with Crippen molar-refractivity contribution in [2.75, 3.05) is 0 Å². The van der Waals surface area contributed by atoms with Gasteiger partial charge in [-0.05, 0) is 29.3 Å². The molecule has 28 heavy (non-hydrogen) atoms. The van der Waals surface area contributed by atoms with Crippen LogP contribution in [0.5, 0.6) is 5.75 Å². The zero-order chi connectivity index (χ0) is 18.9. The van der Waals surface area contributed by atoms with Gasteiger partial charge in [0.1, 0.15) is 18.0 Å². The van der Waals surface area contributed by atoms with Gasteiger partial charge in [-0.15, -0.1) is 0 Å². The van der Waals surface area contributed by atoms with Crippen molar-refractivity contribution in [2.45, 2.75) is 13.2 Å². The molecule has 3 heterocycles. The third kappa shape index (κ3) is 2.95. The maximum Gasteiger partial charge on any atom is 0.326 e. The zero-order valence-electron chi connectivity index (χ0n) is 15.1. The number of hydrogen-bond donors (Lipinski definition) is 2.